The Morgan fingerprint density at radius 2 is 1.68 bits per heavy atom. The molecule has 0 N–H and O–H groups in total. The summed E-state index contributed by atoms with van der Waals surface area (Å²) < 4.78 is 24.4. The van der Waals surface area contributed by atoms with Crippen molar-refractivity contribution < 1.29 is 33.4 Å². The molecule has 2 aliphatic heterocycles. The molecule has 1 aromatic carbocycles. The van der Waals surface area contributed by atoms with E-state index in [1.165, 1.54) is 11.8 Å². The summed E-state index contributed by atoms with van der Waals surface area (Å²) in [5.74, 6) is -0.208. The highest BCUT2D eigenvalue weighted by atomic mass is 32.2. The molecule has 1 aromatic rings. The smallest absolute Gasteiger partial charge is 0.340 e. The summed E-state index contributed by atoms with van der Waals surface area (Å²) in [5, 5.41) is 4.18. The van der Waals surface area contributed by atoms with Crippen molar-refractivity contribution in [3.8, 4) is 0 Å². The normalized spacial score (nSPS) is 28.8. The van der Waals surface area contributed by atoms with Gasteiger partial charge in [-0.3, -0.25) is 4.79 Å². The molecule has 2 fully saturated rings. The van der Waals surface area contributed by atoms with E-state index in [0.29, 0.717) is 11.5 Å². The Bertz CT molecular complexity index is 891. The molecule has 0 spiro atoms. The van der Waals surface area contributed by atoms with Gasteiger partial charge in [0.15, 0.2) is 12.4 Å². The van der Waals surface area contributed by atoms with Crippen LogP contribution in [-0.4, -0.2) is 53.8 Å². The molecule has 9 heteroatoms. The summed E-state index contributed by atoms with van der Waals surface area (Å²) in [5.41, 5.74) is -0.946. The predicted octanol–water partition coefficient (Wildman–Crippen LogP) is 4.48. The van der Waals surface area contributed by atoms with E-state index in [-0.39, 0.29) is 6.61 Å². The quantitative estimate of drug-likeness (QED) is 0.337. The molecule has 3 rings (SSSR count). The Labute approximate surface area is 205 Å². The topological polar surface area (TPSA) is 92.7 Å². The van der Waals surface area contributed by atoms with Crippen molar-refractivity contribution in [2.45, 2.75) is 78.5 Å². The zero-order valence-electron chi connectivity index (χ0n) is 20.9. The lowest BCUT2D eigenvalue weighted by atomic mass is 9.95. The maximum atomic E-state index is 12.9. The number of carbonyl (C=O) groups excluding carboxylic acids is 2. The van der Waals surface area contributed by atoms with E-state index in [1.54, 1.807) is 41.5 Å². The Morgan fingerprint density at radius 1 is 1.03 bits per heavy atom. The SMILES string of the molecule is CCS[C@H]1O[C@@H]2COC(c3ccccc3)O[C@H]2[C@H](OC(=O)C(C)(C)C)/C1=N\OC(=O)C(C)(C)C. The van der Waals surface area contributed by atoms with Crippen molar-refractivity contribution in [3.05, 3.63) is 35.9 Å². The summed E-state index contributed by atoms with van der Waals surface area (Å²) in [6.45, 7) is 12.8. The minimum Gasteiger partial charge on any atom is -0.453 e. The van der Waals surface area contributed by atoms with Crippen molar-refractivity contribution >= 4 is 29.4 Å². The van der Waals surface area contributed by atoms with Crippen molar-refractivity contribution in [1.29, 1.82) is 0 Å². The van der Waals surface area contributed by atoms with Gasteiger partial charge < -0.3 is 23.8 Å². The molecule has 1 unspecified atom stereocenters. The highest BCUT2D eigenvalue weighted by molar-refractivity contribution is 8.00. The molecular weight excluding hydrogens is 458 g/mol. The van der Waals surface area contributed by atoms with E-state index in [9.17, 15) is 9.59 Å². The Morgan fingerprint density at radius 3 is 2.26 bits per heavy atom. The second-order valence-corrected chi connectivity index (χ2v) is 11.7. The van der Waals surface area contributed by atoms with Crippen LogP contribution in [0.15, 0.2) is 35.5 Å². The van der Waals surface area contributed by atoms with E-state index in [4.69, 9.17) is 23.8 Å². The fourth-order valence-corrected chi connectivity index (χ4v) is 4.14. The molecule has 0 aliphatic carbocycles. The number of hydrogen-bond acceptors (Lipinski definition) is 9. The van der Waals surface area contributed by atoms with Crippen LogP contribution in [0.5, 0.6) is 0 Å². The average molecular weight is 494 g/mol. The third-order valence-electron chi connectivity index (χ3n) is 5.27. The second kappa shape index (κ2) is 10.8. The van der Waals surface area contributed by atoms with Crippen LogP contribution in [0.3, 0.4) is 0 Å². The van der Waals surface area contributed by atoms with Crippen LogP contribution in [0.1, 0.15) is 60.3 Å². The molecule has 0 aromatic heterocycles. The first-order valence-electron chi connectivity index (χ1n) is 11.5. The Hall–Kier alpha value is -1.94. The zero-order valence-corrected chi connectivity index (χ0v) is 21.7. The van der Waals surface area contributed by atoms with Gasteiger partial charge in [0.05, 0.1) is 17.4 Å². The van der Waals surface area contributed by atoms with Gasteiger partial charge in [0, 0.05) is 5.56 Å². The number of fused-ring (bicyclic) bond motifs is 1. The molecule has 2 aliphatic rings. The lowest BCUT2D eigenvalue weighted by molar-refractivity contribution is -0.286. The molecule has 5 atom stereocenters. The summed E-state index contributed by atoms with van der Waals surface area (Å²) >= 11 is 1.46. The van der Waals surface area contributed by atoms with Crippen LogP contribution in [0.2, 0.25) is 0 Å². The standard InChI is InChI=1S/C25H35NO7S/c1-8-34-21-17(26-33-23(28)25(5,6)7)19(32-22(27)24(2,3)4)18-16(30-21)14-29-20(31-18)15-12-10-9-11-13-15/h9-13,16,18-21H,8,14H2,1-7H3/b26-17+/t16-,18-,19-,20?,21-/m1/s1. The van der Waals surface area contributed by atoms with Crippen LogP contribution < -0.4 is 0 Å². The van der Waals surface area contributed by atoms with Crippen molar-refractivity contribution in [1.82, 2.24) is 0 Å². The number of carbonyl (C=O) groups is 2. The van der Waals surface area contributed by atoms with Gasteiger partial charge in [0.1, 0.15) is 23.4 Å². The molecular formula is C25H35NO7S. The number of oxime groups is 1. The van der Waals surface area contributed by atoms with E-state index >= 15 is 0 Å². The highest BCUT2D eigenvalue weighted by Gasteiger charge is 2.51. The number of ether oxygens (including phenoxy) is 4. The molecule has 2 saturated heterocycles. The largest absolute Gasteiger partial charge is 0.453 e. The number of rotatable bonds is 5. The zero-order chi connectivity index (χ0) is 25.1. The molecule has 0 bridgehead atoms. The van der Waals surface area contributed by atoms with Crippen LogP contribution in [0.4, 0.5) is 0 Å². The lowest BCUT2D eigenvalue weighted by Gasteiger charge is -2.45. The summed E-state index contributed by atoms with van der Waals surface area (Å²) in [6.07, 6.45) is -2.74. The molecule has 188 valence electrons. The highest BCUT2D eigenvalue weighted by Crippen LogP contribution is 2.37. The van der Waals surface area contributed by atoms with Gasteiger partial charge in [-0.05, 0) is 47.3 Å². The van der Waals surface area contributed by atoms with Gasteiger partial charge in [-0.25, -0.2) is 4.79 Å². The van der Waals surface area contributed by atoms with Gasteiger partial charge in [-0.15, -0.1) is 11.8 Å². The third kappa shape index (κ3) is 6.38. The monoisotopic (exact) mass is 493 g/mol. The van der Waals surface area contributed by atoms with Crippen molar-refractivity contribution in [2.24, 2.45) is 16.0 Å². The lowest BCUT2D eigenvalue weighted by Crippen LogP contribution is -2.61. The van der Waals surface area contributed by atoms with Gasteiger partial charge >= 0.3 is 11.9 Å². The molecule has 0 saturated carbocycles. The molecule has 2 heterocycles. The summed E-state index contributed by atoms with van der Waals surface area (Å²) in [6, 6.07) is 9.51. The molecule has 0 radical (unpaired) electrons. The fraction of sp³-hybridized carbons (Fsp3) is 0.640. The third-order valence-corrected chi connectivity index (χ3v) is 6.26. The van der Waals surface area contributed by atoms with Crippen LogP contribution in [0.25, 0.3) is 0 Å². The van der Waals surface area contributed by atoms with Gasteiger partial charge in [-0.1, -0.05) is 42.4 Å². The van der Waals surface area contributed by atoms with Crippen molar-refractivity contribution in [2.75, 3.05) is 12.4 Å². The van der Waals surface area contributed by atoms with Crippen LogP contribution >= 0.6 is 11.8 Å². The second-order valence-electron chi connectivity index (χ2n) is 10.4. The first kappa shape index (κ1) is 26.7. The van der Waals surface area contributed by atoms with Crippen molar-refractivity contribution in [3.63, 3.8) is 0 Å². The molecule has 0 amide bonds. The van der Waals surface area contributed by atoms with Crippen LogP contribution in [0, 0.1) is 10.8 Å². The predicted molar refractivity (Wildman–Crippen MR) is 129 cm³/mol. The number of nitrogens with zero attached hydrogens (tertiary/aromatic N) is 1. The van der Waals surface area contributed by atoms with Crippen LogP contribution in [-0.2, 0) is 33.4 Å². The van der Waals surface area contributed by atoms with Gasteiger partial charge in [-0.2, -0.15) is 0 Å². The average Bonchev–Trinajstić information content (AvgIpc) is 2.77. The number of esters is 1. The fourth-order valence-electron chi connectivity index (χ4n) is 3.27. The Kier molecular flexibility index (Phi) is 8.44. The van der Waals surface area contributed by atoms with E-state index < -0.39 is 52.8 Å². The molecule has 8 nitrogen and oxygen atoms in total. The maximum absolute atomic E-state index is 12.9. The van der Waals surface area contributed by atoms with E-state index in [1.807, 2.05) is 37.3 Å². The van der Waals surface area contributed by atoms with E-state index in [2.05, 4.69) is 5.16 Å². The summed E-state index contributed by atoms with van der Waals surface area (Å²) in [4.78, 5) is 30.7. The van der Waals surface area contributed by atoms with E-state index in [0.717, 1.165) is 5.56 Å². The van der Waals surface area contributed by atoms with Gasteiger partial charge in [0.25, 0.3) is 0 Å². The number of benzene rings is 1. The first-order valence-corrected chi connectivity index (χ1v) is 12.6. The number of thioether (sulfide) groups is 1. The van der Waals surface area contributed by atoms with Gasteiger partial charge in [0.2, 0.25) is 0 Å². The minimum absolute atomic E-state index is 0.254. The molecule has 34 heavy (non-hydrogen) atoms. The summed E-state index contributed by atoms with van der Waals surface area (Å²) in [7, 11) is 0. The maximum Gasteiger partial charge on any atom is 0.340 e. The first-order chi connectivity index (χ1) is 15.9. The Balaban J connectivity index is 1.97. The number of hydrogen-bond donors (Lipinski definition) is 0. The minimum atomic E-state index is -0.905.